The average Bonchev–Trinajstić information content (AvgIpc) is 2.97. The fourth-order valence-electron chi connectivity index (χ4n) is 2.24. The van der Waals surface area contributed by atoms with Gasteiger partial charge in [0.15, 0.2) is 0 Å². The van der Waals surface area contributed by atoms with Gasteiger partial charge in [-0.1, -0.05) is 0 Å². The van der Waals surface area contributed by atoms with Crippen LogP contribution in [0.2, 0.25) is 0 Å². The van der Waals surface area contributed by atoms with Gasteiger partial charge in [-0.25, -0.2) is 18.1 Å². The third-order valence-electron chi connectivity index (χ3n) is 3.21. The Morgan fingerprint density at radius 3 is 3.05 bits per heavy atom. The zero-order valence-corrected chi connectivity index (χ0v) is 12.8. The highest BCUT2D eigenvalue weighted by atomic mass is 32.2. The molecule has 1 aromatic heterocycles. The van der Waals surface area contributed by atoms with Crippen LogP contribution in [0.1, 0.15) is 17.7 Å². The summed E-state index contributed by atoms with van der Waals surface area (Å²) in [5.74, 6) is 0.418. The lowest BCUT2D eigenvalue weighted by Gasteiger charge is -2.21. The van der Waals surface area contributed by atoms with Crippen LogP contribution in [0.15, 0.2) is 27.9 Å². The molecule has 1 aliphatic rings. The fraction of sp³-hybridized carbons (Fsp3) is 0.308. The zero-order valence-electron chi connectivity index (χ0n) is 11.2. The van der Waals surface area contributed by atoms with E-state index >= 15 is 0 Å². The Labute approximate surface area is 127 Å². The van der Waals surface area contributed by atoms with E-state index in [2.05, 4.69) is 9.71 Å². The lowest BCUT2D eigenvalue weighted by atomic mass is 10.1. The van der Waals surface area contributed by atoms with Gasteiger partial charge in [-0.3, -0.25) is 0 Å². The van der Waals surface area contributed by atoms with Gasteiger partial charge in [0, 0.05) is 11.1 Å². The highest BCUT2D eigenvalue weighted by Crippen LogP contribution is 2.34. The van der Waals surface area contributed by atoms with Crippen LogP contribution in [0.3, 0.4) is 0 Å². The second-order valence-corrected chi connectivity index (χ2v) is 7.22. The van der Waals surface area contributed by atoms with Crippen molar-refractivity contribution >= 4 is 27.0 Å². The van der Waals surface area contributed by atoms with Gasteiger partial charge in [0.1, 0.15) is 10.6 Å². The van der Waals surface area contributed by atoms with Crippen LogP contribution < -0.4 is 15.2 Å². The zero-order chi connectivity index (χ0) is 14.9. The predicted octanol–water partition coefficient (Wildman–Crippen LogP) is 1.53. The number of aromatic nitrogens is 1. The van der Waals surface area contributed by atoms with Crippen molar-refractivity contribution in [2.45, 2.75) is 24.3 Å². The standard InChI is InChI=1S/C13H15N3O3S2/c14-10-4-9-2-1-3-19-13(9)12(5-10)21(17,18)16-6-11-7-20-8-15-11/h4-5,7-8,16H,1-3,6,14H2. The van der Waals surface area contributed by atoms with Gasteiger partial charge in [0.2, 0.25) is 10.0 Å². The van der Waals surface area contributed by atoms with Crippen molar-refractivity contribution in [3.63, 3.8) is 0 Å². The highest BCUT2D eigenvalue weighted by molar-refractivity contribution is 7.89. The largest absolute Gasteiger partial charge is 0.492 e. The first-order valence-electron chi connectivity index (χ1n) is 6.48. The number of aryl methyl sites for hydroxylation is 1. The summed E-state index contributed by atoms with van der Waals surface area (Å²) in [4.78, 5) is 4.16. The number of fused-ring (bicyclic) bond motifs is 1. The molecule has 0 saturated carbocycles. The number of benzene rings is 1. The van der Waals surface area contributed by atoms with Crippen molar-refractivity contribution < 1.29 is 13.2 Å². The molecule has 112 valence electrons. The second kappa shape index (κ2) is 5.63. The number of hydrogen-bond donors (Lipinski definition) is 2. The summed E-state index contributed by atoms with van der Waals surface area (Å²) in [6, 6.07) is 3.21. The monoisotopic (exact) mass is 325 g/mol. The highest BCUT2D eigenvalue weighted by Gasteiger charge is 2.25. The van der Waals surface area contributed by atoms with Crippen molar-refractivity contribution in [1.29, 1.82) is 0 Å². The normalized spacial score (nSPS) is 14.5. The first kappa shape index (κ1) is 14.3. The summed E-state index contributed by atoms with van der Waals surface area (Å²) in [6.45, 7) is 0.668. The van der Waals surface area contributed by atoms with Crippen LogP contribution in [0.4, 0.5) is 5.69 Å². The van der Waals surface area contributed by atoms with Crippen molar-refractivity contribution in [2.24, 2.45) is 0 Å². The summed E-state index contributed by atoms with van der Waals surface area (Å²) in [6.07, 6.45) is 1.64. The van der Waals surface area contributed by atoms with Crippen LogP contribution in [0.5, 0.6) is 5.75 Å². The third-order valence-corrected chi connectivity index (χ3v) is 5.25. The molecule has 0 unspecified atom stereocenters. The summed E-state index contributed by atoms with van der Waals surface area (Å²) < 4.78 is 33.0. The molecule has 6 nitrogen and oxygen atoms in total. The number of nitrogens with zero attached hydrogens (tertiary/aromatic N) is 1. The van der Waals surface area contributed by atoms with E-state index in [1.54, 1.807) is 17.0 Å². The molecule has 21 heavy (non-hydrogen) atoms. The van der Waals surface area contributed by atoms with E-state index < -0.39 is 10.0 Å². The Bertz CT molecular complexity index is 742. The second-order valence-electron chi connectivity index (χ2n) is 4.76. The molecule has 0 saturated heterocycles. The Morgan fingerprint density at radius 2 is 2.29 bits per heavy atom. The lowest BCUT2D eigenvalue weighted by Crippen LogP contribution is -2.25. The number of hydrogen-bond acceptors (Lipinski definition) is 6. The number of anilines is 1. The van der Waals surface area contributed by atoms with Gasteiger partial charge in [-0.05, 0) is 30.5 Å². The van der Waals surface area contributed by atoms with Crippen LogP contribution in [0, 0.1) is 0 Å². The number of nitrogens with two attached hydrogens (primary N) is 1. The molecule has 8 heteroatoms. The quantitative estimate of drug-likeness (QED) is 0.831. The Balaban J connectivity index is 1.93. The van der Waals surface area contributed by atoms with Gasteiger partial charge in [-0.2, -0.15) is 0 Å². The van der Waals surface area contributed by atoms with E-state index in [4.69, 9.17) is 10.5 Å². The Hall–Kier alpha value is -1.64. The van der Waals surface area contributed by atoms with E-state index in [0.717, 1.165) is 18.4 Å². The van der Waals surface area contributed by atoms with Gasteiger partial charge in [0.25, 0.3) is 0 Å². The van der Waals surface area contributed by atoms with Gasteiger partial charge < -0.3 is 10.5 Å². The summed E-state index contributed by atoms with van der Waals surface area (Å²) in [5, 5.41) is 1.80. The maximum Gasteiger partial charge on any atom is 0.244 e. The molecule has 3 N–H and O–H groups in total. The molecular weight excluding hydrogens is 310 g/mol. The minimum atomic E-state index is -3.69. The molecule has 2 heterocycles. The minimum Gasteiger partial charge on any atom is -0.492 e. The van der Waals surface area contributed by atoms with Crippen LogP contribution in [0.25, 0.3) is 0 Å². The minimum absolute atomic E-state index is 0.104. The van der Waals surface area contributed by atoms with Crippen molar-refractivity contribution in [3.8, 4) is 5.75 Å². The summed E-state index contributed by atoms with van der Waals surface area (Å²) in [5.41, 5.74) is 9.42. The van der Waals surface area contributed by atoms with Gasteiger partial charge in [0.05, 0.1) is 24.4 Å². The van der Waals surface area contributed by atoms with E-state index in [-0.39, 0.29) is 11.4 Å². The van der Waals surface area contributed by atoms with E-state index in [1.165, 1.54) is 17.4 Å². The molecular formula is C13H15N3O3S2. The van der Waals surface area contributed by atoms with Crippen LogP contribution in [-0.2, 0) is 23.0 Å². The Kier molecular flexibility index (Phi) is 3.83. The lowest BCUT2D eigenvalue weighted by molar-refractivity contribution is 0.280. The predicted molar refractivity (Wildman–Crippen MR) is 80.8 cm³/mol. The smallest absolute Gasteiger partial charge is 0.244 e. The third kappa shape index (κ3) is 3.02. The molecule has 0 amide bonds. The van der Waals surface area contributed by atoms with Crippen molar-refractivity contribution in [2.75, 3.05) is 12.3 Å². The average molecular weight is 325 g/mol. The number of nitrogens with one attached hydrogen (secondary N) is 1. The summed E-state index contributed by atoms with van der Waals surface area (Å²) in [7, 11) is -3.69. The van der Waals surface area contributed by atoms with Gasteiger partial charge in [-0.15, -0.1) is 11.3 Å². The molecule has 0 atom stereocenters. The van der Waals surface area contributed by atoms with Crippen LogP contribution in [-0.4, -0.2) is 20.0 Å². The maximum atomic E-state index is 12.5. The Morgan fingerprint density at radius 1 is 1.43 bits per heavy atom. The van der Waals surface area contributed by atoms with E-state index in [1.807, 2.05) is 0 Å². The number of rotatable bonds is 4. The molecule has 0 aliphatic carbocycles. The molecule has 0 spiro atoms. The molecule has 0 bridgehead atoms. The van der Waals surface area contributed by atoms with Gasteiger partial charge >= 0.3 is 0 Å². The number of ether oxygens (including phenoxy) is 1. The maximum absolute atomic E-state index is 12.5. The number of thiazole rings is 1. The molecule has 1 aliphatic heterocycles. The van der Waals surface area contributed by atoms with E-state index in [9.17, 15) is 8.42 Å². The SMILES string of the molecule is Nc1cc2c(c(S(=O)(=O)NCc3cscn3)c1)OCCC2. The first-order chi connectivity index (χ1) is 10.1. The van der Waals surface area contributed by atoms with Crippen molar-refractivity contribution in [1.82, 2.24) is 9.71 Å². The fourth-order valence-corrected chi connectivity index (χ4v) is 4.02. The van der Waals surface area contributed by atoms with Crippen molar-refractivity contribution in [3.05, 3.63) is 34.3 Å². The number of sulfonamides is 1. The molecule has 1 aromatic carbocycles. The molecule has 3 rings (SSSR count). The molecule has 0 radical (unpaired) electrons. The molecule has 0 fully saturated rings. The first-order valence-corrected chi connectivity index (χ1v) is 8.91. The summed E-state index contributed by atoms with van der Waals surface area (Å²) >= 11 is 1.42. The molecule has 2 aromatic rings. The topological polar surface area (TPSA) is 94.3 Å². The number of nitrogen functional groups attached to an aromatic ring is 1. The van der Waals surface area contributed by atoms with Crippen LogP contribution >= 0.6 is 11.3 Å². The van der Waals surface area contributed by atoms with E-state index in [0.29, 0.717) is 23.7 Å².